The summed E-state index contributed by atoms with van der Waals surface area (Å²) in [6.45, 7) is 1.92. The summed E-state index contributed by atoms with van der Waals surface area (Å²) in [4.78, 5) is 0. The first-order valence-electron chi connectivity index (χ1n) is 4.90. The summed E-state index contributed by atoms with van der Waals surface area (Å²) < 4.78 is 1.99. The smallest absolute Gasteiger partial charge is 0.125 e. The van der Waals surface area contributed by atoms with Crippen LogP contribution in [0.25, 0.3) is 11.3 Å². The van der Waals surface area contributed by atoms with E-state index >= 15 is 0 Å². The monoisotopic (exact) mass is 219 g/mol. The average Bonchev–Trinajstić information content (AvgIpc) is 2.78. The van der Waals surface area contributed by atoms with Crippen molar-refractivity contribution in [2.45, 2.75) is 6.54 Å². The summed E-state index contributed by atoms with van der Waals surface area (Å²) in [5.41, 5.74) is 2.09. The second-order valence-electron chi connectivity index (χ2n) is 3.57. The largest absolute Gasteiger partial charge is 0.368 e. The van der Waals surface area contributed by atoms with Crippen molar-refractivity contribution in [3.8, 4) is 11.3 Å². The predicted molar refractivity (Wildman–Crippen MR) is 61.2 cm³/mol. The van der Waals surface area contributed by atoms with E-state index in [1.807, 2.05) is 28.9 Å². The molecule has 0 spiro atoms. The molecule has 0 saturated carbocycles. The summed E-state index contributed by atoms with van der Waals surface area (Å²) in [6, 6.07) is 9.81. The number of halogens is 1. The molecule has 0 saturated heterocycles. The Labute approximate surface area is 92.7 Å². The third-order valence-electron chi connectivity index (χ3n) is 2.55. The van der Waals surface area contributed by atoms with Crippen molar-refractivity contribution in [1.82, 2.24) is 9.78 Å². The van der Waals surface area contributed by atoms with Crippen molar-refractivity contribution in [3.63, 3.8) is 0 Å². The van der Waals surface area contributed by atoms with Gasteiger partial charge in [-0.2, -0.15) is 5.10 Å². The van der Waals surface area contributed by atoms with Gasteiger partial charge in [-0.1, -0.05) is 23.7 Å². The van der Waals surface area contributed by atoms with Crippen LogP contribution in [0.3, 0.4) is 0 Å². The molecule has 0 unspecified atom stereocenters. The lowest BCUT2D eigenvalue weighted by atomic mass is 10.1. The molecule has 1 aromatic carbocycles. The van der Waals surface area contributed by atoms with E-state index in [0.29, 0.717) is 0 Å². The first kappa shape index (κ1) is 8.80. The molecular formula is C11H10ClN3. The van der Waals surface area contributed by atoms with E-state index < -0.39 is 0 Å². The third kappa shape index (κ3) is 1.49. The summed E-state index contributed by atoms with van der Waals surface area (Å²) in [5, 5.41) is 8.53. The highest BCUT2D eigenvalue weighted by Gasteiger charge is 2.13. The fourth-order valence-corrected chi connectivity index (χ4v) is 1.91. The quantitative estimate of drug-likeness (QED) is 0.799. The molecule has 1 aliphatic heterocycles. The normalized spacial score (nSPS) is 13.7. The molecule has 1 aliphatic rings. The van der Waals surface area contributed by atoms with Gasteiger partial charge < -0.3 is 5.32 Å². The minimum atomic E-state index is 0.753. The van der Waals surface area contributed by atoms with E-state index in [1.54, 1.807) is 0 Å². The number of nitrogens with zero attached hydrogens (tertiary/aromatic N) is 2. The van der Waals surface area contributed by atoms with Gasteiger partial charge in [0.2, 0.25) is 0 Å². The Balaban J connectivity index is 2.02. The molecule has 0 aliphatic carbocycles. The molecule has 15 heavy (non-hydrogen) atoms. The maximum atomic E-state index is 5.84. The molecule has 2 heterocycles. The van der Waals surface area contributed by atoms with Crippen LogP contribution in [0.2, 0.25) is 5.02 Å². The van der Waals surface area contributed by atoms with Gasteiger partial charge >= 0.3 is 0 Å². The zero-order chi connectivity index (χ0) is 10.3. The van der Waals surface area contributed by atoms with Crippen LogP contribution in [0.1, 0.15) is 0 Å². The van der Waals surface area contributed by atoms with Crippen LogP contribution in [0.4, 0.5) is 5.82 Å². The molecule has 76 valence electrons. The van der Waals surface area contributed by atoms with Gasteiger partial charge in [0.15, 0.2) is 0 Å². The minimum absolute atomic E-state index is 0.753. The second-order valence-corrected chi connectivity index (χ2v) is 4.01. The lowest BCUT2D eigenvalue weighted by Crippen LogP contribution is -1.96. The van der Waals surface area contributed by atoms with Crippen LogP contribution in [0, 0.1) is 0 Å². The van der Waals surface area contributed by atoms with Crippen LogP contribution in [-0.2, 0) is 6.54 Å². The predicted octanol–water partition coefficient (Wildman–Crippen LogP) is 2.63. The molecule has 0 bridgehead atoms. The van der Waals surface area contributed by atoms with Crippen molar-refractivity contribution in [2.24, 2.45) is 0 Å². The fraction of sp³-hybridized carbons (Fsp3) is 0.182. The van der Waals surface area contributed by atoms with Crippen LogP contribution >= 0.6 is 11.6 Å². The van der Waals surface area contributed by atoms with Crippen molar-refractivity contribution in [2.75, 3.05) is 11.9 Å². The molecule has 4 heteroatoms. The molecule has 0 atom stereocenters. The standard InChI is InChI=1S/C11H10ClN3/c12-9-3-1-8(2-4-9)10-7-11-13-5-6-15(11)14-10/h1-4,7,13H,5-6H2. The maximum Gasteiger partial charge on any atom is 0.125 e. The highest BCUT2D eigenvalue weighted by atomic mass is 35.5. The molecule has 3 nitrogen and oxygen atoms in total. The Morgan fingerprint density at radius 3 is 2.80 bits per heavy atom. The van der Waals surface area contributed by atoms with Crippen molar-refractivity contribution in [3.05, 3.63) is 35.4 Å². The van der Waals surface area contributed by atoms with E-state index in [9.17, 15) is 0 Å². The van der Waals surface area contributed by atoms with Gasteiger partial charge in [0.25, 0.3) is 0 Å². The summed E-state index contributed by atoms with van der Waals surface area (Å²) >= 11 is 5.84. The first-order chi connectivity index (χ1) is 7.33. The van der Waals surface area contributed by atoms with Gasteiger partial charge in [0, 0.05) is 23.2 Å². The zero-order valence-corrected chi connectivity index (χ0v) is 8.83. The molecule has 3 rings (SSSR count). The van der Waals surface area contributed by atoms with Crippen molar-refractivity contribution in [1.29, 1.82) is 0 Å². The molecule has 0 fully saturated rings. The van der Waals surface area contributed by atoms with Crippen LogP contribution < -0.4 is 5.32 Å². The molecular weight excluding hydrogens is 210 g/mol. The van der Waals surface area contributed by atoms with E-state index in [4.69, 9.17) is 11.6 Å². The Bertz CT molecular complexity index is 466. The fourth-order valence-electron chi connectivity index (χ4n) is 1.78. The molecule has 2 aromatic rings. The lowest BCUT2D eigenvalue weighted by molar-refractivity contribution is 0.699. The number of aromatic nitrogens is 2. The van der Waals surface area contributed by atoms with E-state index in [2.05, 4.69) is 16.5 Å². The summed E-state index contributed by atoms with van der Waals surface area (Å²) in [5.74, 6) is 1.10. The number of hydrogen-bond donors (Lipinski definition) is 1. The van der Waals surface area contributed by atoms with E-state index in [0.717, 1.165) is 35.2 Å². The summed E-state index contributed by atoms with van der Waals surface area (Å²) in [6.07, 6.45) is 0. The van der Waals surface area contributed by atoms with Gasteiger partial charge in [-0.25, -0.2) is 4.68 Å². The van der Waals surface area contributed by atoms with Gasteiger partial charge in [-0.05, 0) is 12.1 Å². The maximum absolute atomic E-state index is 5.84. The molecule has 0 radical (unpaired) electrons. The topological polar surface area (TPSA) is 29.9 Å². The average molecular weight is 220 g/mol. The van der Waals surface area contributed by atoms with Crippen LogP contribution in [0.5, 0.6) is 0 Å². The number of hydrogen-bond acceptors (Lipinski definition) is 2. The van der Waals surface area contributed by atoms with Crippen molar-refractivity contribution < 1.29 is 0 Å². The Morgan fingerprint density at radius 1 is 1.27 bits per heavy atom. The highest BCUT2D eigenvalue weighted by molar-refractivity contribution is 6.30. The van der Waals surface area contributed by atoms with Crippen LogP contribution in [-0.4, -0.2) is 16.3 Å². The lowest BCUT2D eigenvalue weighted by Gasteiger charge is -1.96. The van der Waals surface area contributed by atoms with E-state index in [1.165, 1.54) is 0 Å². The highest BCUT2D eigenvalue weighted by Crippen LogP contribution is 2.25. The van der Waals surface area contributed by atoms with Crippen molar-refractivity contribution >= 4 is 17.4 Å². The van der Waals surface area contributed by atoms with Gasteiger partial charge in [0.1, 0.15) is 5.82 Å². The Kier molecular flexibility index (Phi) is 1.92. The number of nitrogens with one attached hydrogen (secondary N) is 1. The minimum Gasteiger partial charge on any atom is -0.368 e. The third-order valence-corrected chi connectivity index (χ3v) is 2.80. The zero-order valence-electron chi connectivity index (χ0n) is 8.07. The molecule has 0 amide bonds. The van der Waals surface area contributed by atoms with Crippen LogP contribution in [0.15, 0.2) is 30.3 Å². The first-order valence-corrected chi connectivity index (χ1v) is 5.28. The van der Waals surface area contributed by atoms with E-state index in [-0.39, 0.29) is 0 Å². The number of anilines is 1. The SMILES string of the molecule is Clc1ccc(-c2cc3n(n2)CCN3)cc1. The number of benzene rings is 1. The Morgan fingerprint density at radius 2 is 2.07 bits per heavy atom. The molecule has 1 aromatic heterocycles. The Hall–Kier alpha value is -1.48. The van der Waals surface area contributed by atoms with Gasteiger partial charge in [-0.15, -0.1) is 0 Å². The molecule has 1 N–H and O–H groups in total. The second kappa shape index (κ2) is 3.28. The summed E-state index contributed by atoms with van der Waals surface area (Å²) in [7, 11) is 0. The number of fused-ring (bicyclic) bond motifs is 1. The number of rotatable bonds is 1. The van der Waals surface area contributed by atoms with Gasteiger partial charge in [-0.3, -0.25) is 0 Å². The van der Waals surface area contributed by atoms with Gasteiger partial charge in [0.05, 0.1) is 12.2 Å².